The van der Waals surface area contributed by atoms with E-state index >= 15 is 0 Å². The van der Waals surface area contributed by atoms with Crippen LogP contribution in [-0.4, -0.2) is 67.7 Å². The largest absolute Gasteiger partial charge is 0.480 e. The average molecular weight is 369 g/mol. The first-order chi connectivity index (χ1) is 11.9. The van der Waals surface area contributed by atoms with E-state index in [1.54, 1.807) is 4.90 Å². The van der Waals surface area contributed by atoms with E-state index in [0.717, 1.165) is 6.42 Å². The van der Waals surface area contributed by atoms with Gasteiger partial charge < -0.3 is 20.1 Å². The highest BCUT2D eigenvalue weighted by molar-refractivity contribution is 7.90. The molecule has 25 heavy (non-hydrogen) atoms. The summed E-state index contributed by atoms with van der Waals surface area (Å²) >= 11 is 0. The van der Waals surface area contributed by atoms with Crippen LogP contribution in [0.4, 0.5) is 0 Å². The number of fused-ring (bicyclic) bond motifs is 1. The summed E-state index contributed by atoms with van der Waals surface area (Å²) in [7, 11) is -3.46. The Balaban J connectivity index is 1.72. The van der Waals surface area contributed by atoms with Gasteiger partial charge >= 0.3 is 5.97 Å². The van der Waals surface area contributed by atoms with Gasteiger partial charge in [-0.05, 0) is 25.0 Å². The number of rotatable bonds is 4. The third-order valence-electron chi connectivity index (χ3n) is 4.31. The maximum absolute atomic E-state index is 12.4. The molecule has 3 rings (SSSR count). The molecule has 3 aliphatic heterocycles. The van der Waals surface area contributed by atoms with Crippen LogP contribution in [0.3, 0.4) is 0 Å². The SMILES string of the molecule is O=C(NC(C(=O)O)C1CCCOC1)C1=CN2CCS(=O)(=O)N=C2C=C1. The van der Waals surface area contributed by atoms with Gasteiger partial charge in [0.15, 0.2) is 0 Å². The van der Waals surface area contributed by atoms with Gasteiger partial charge in [-0.1, -0.05) is 0 Å². The number of carboxylic acid groups (broad SMARTS) is 1. The van der Waals surface area contributed by atoms with Crippen molar-refractivity contribution in [3.05, 3.63) is 23.9 Å². The van der Waals surface area contributed by atoms with Crippen molar-refractivity contribution in [1.82, 2.24) is 10.2 Å². The topological polar surface area (TPSA) is 125 Å². The van der Waals surface area contributed by atoms with Crippen LogP contribution in [-0.2, 0) is 24.3 Å². The summed E-state index contributed by atoms with van der Waals surface area (Å²) < 4.78 is 31.9. The van der Waals surface area contributed by atoms with Gasteiger partial charge in [0.05, 0.1) is 17.9 Å². The second-order valence-electron chi connectivity index (χ2n) is 6.11. The fourth-order valence-electron chi connectivity index (χ4n) is 2.97. The molecule has 1 amide bonds. The highest BCUT2D eigenvalue weighted by atomic mass is 32.2. The molecule has 10 heteroatoms. The number of amides is 1. The molecule has 3 aliphatic rings. The molecule has 1 fully saturated rings. The van der Waals surface area contributed by atoms with Crippen LogP contribution in [0.1, 0.15) is 12.8 Å². The molecule has 0 spiro atoms. The standard InChI is InChI=1S/C15H19N3O6S/c19-14(16-13(15(20)21)11-2-1-6-24-9-11)10-3-4-12-17-25(22,23)7-5-18(12)8-10/h3-4,8,11,13H,1-2,5-7,9H2,(H,16,19)(H,20,21). The summed E-state index contributed by atoms with van der Waals surface area (Å²) in [5, 5.41) is 12.0. The van der Waals surface area contributed by atoms with Gasteiger partial charge in [0.2, 0.25) is 0 Å². The molecule has 3 heterocycles. The van der Waals surface area contributed by atoms with Gasteiger partial charge in [-0.15, -0.1) is 4.40 Å². The van der Waals surface area contributed by atoms with Gasteiger partial charge in [0.25, 0.3) is 15.9 Å². The molecule has 0 aromatic rings. The lowest BCUT2D eigenvalue weighted by Crippen LogP contribution is -2.49. The summed E-state index contributed by atoms with van der Waals surface area (Å²) in [5.41, 5.74) is 0.251. The minimum atomic E-state index is -3.46. The zero-order chi connectivity index (χ0) is 18.0. The molecule has 0 aliphatic carbocycles. The molecule has 0 aromatic heterocycles. The summed E-state index contributed by atoms with van der Waals surface area (Å²) in [6, 6.07) is -1.03. The molecule has 2 unspecified atom stereocenters. The Hall–Kier alpha value is -2.20. The van der Waals surface area contributed by atoms with E-state index in [1.807, 2.05) is 0 Å². The lowest BCUT2D eigenvalue weighted by Gasteiger charge is -2.29. The summed E-state index contributed by atoms with van der Waals surface area (Å²) in [4.78, 5) is 25.5. The molecule has 2 atom stereocenters. The molecule has 136 valence electrons. The Bertz CT molecular complexity index is 764. The maximum atomic E-state index is 12.4. The average Bonchev–Trinajstić information content (AvgIpc) is 2.58. The fraction of sp³-hybridized carbons (Fsp3) is 0.533. The number of aliphatic carboxylic acids is 1. The van der Waals surface area contributed by atoms with Crippen molar-refractivity contribution in [2.24, 2.45) is 10.3 Å². The van der Waals surface area contributed by atoms with Crippen LogP contribution in [0.2, 0.25) is 0 Å². The first-order valence-electron chi connectivity index (χ1n) is 7.96. The van der Waals surface area contributed by atoms with Crippen LogP contribution >= 0.6 is 0 Å². The lowest BCUT2D eigenvalue weighted by molar-refractivity contribution is -0.144. The highest BCUT2D eigenvalue weighted by Gasteiger charge is 2.32. The van der Waals surface area contributed by atoms with E-state index < -0.39 is 27.9 Å². The second-order valence-corrected chi connectivity index (χ2v) is 7.87. The van der Waals surface area contributed by atoms with Gasteiger partial charge in [0.1, 0.15) is 11.9 Å². The van der Waals surface area contributed by atoms with E-state index in [2.05, 4.69) is 9.71 Å². The zero-order valence-corrected chi connectivity index (χ0v) is 14.2. The van der Waals surface area contributed by atoms with E-state index in [1.165, 1.54) is 18.4 Å². The number of carboxylic acids is 1. The van der Waals surface area contributed by atoms with Crippen molar-refractivity contribution in [3.63, 3.8) is 0 Å². The van der Waals surface area contributed by atoms with Gasteiger partial charge in [-0.3, -0.25) is 4.79 Å². The summed E-state index contributed by atoms with van der Waals surface area (Å²) in [6.07, 6.45) is 5.79. The number of carbonyl (C=O) groups excluding carboxylic acids is 1. The first-order valence-corrected chi connectivity index (χ1v) is 9.57. The Kier molecular flexibility index (Phi) is 4.91. The third kappa shape index (κ3) is 4.07. The Morgan fingerprint density at radius 2 is 2.20 bits per heavy atom. The van der Waals surface area contributed by atoms with Crippen LogP contribution in [0.25, 0.3) is 0 Å². The lowest BCUT2D eigenvalue weighted by atomic mass is 9.93. The van der Waals surface area contributed by atoms with Gasteiger partial charge in [0, 0.05) is 25.3 Å². The maximum Gasteiger partial charge on any atom is 0.326 e. The number of amidine groups is 1. The molecule has 0 bridgehead atoms. The number of nitrogens with one attached hydrogen (secondary N) is 1. The van der Waals surface area contributed by atoms with Crippen molar-refractivity contribution in [2.45, 2.75) is 18.9 Å². The quantitative estimate of drug-likeness (QED) is 0.683. The van der Waals surface area contributed by atoms with Gasteiger partial charge in [-0.25, -0.2) is 13.2 Å². The zero-order valence-electron chi connectivity index (χ0n) is 13.4. The molecule has 2 N–H and O–H groups in total. The van der Waals surface area contributed by atoms with Crippen molar-refractivity contribution in [2.75, 3.05) is 25.5 Å². The second kappa shape index (κ2) is 6.96. The fourth-order valence-corrected chi connectivity index (χ4v) is 3.94. The van der Waals surface area contributed by atoms with Crippen LogP contribution in [0.5, 0.6) is 0 Å². The highest BCUT2D eigenvalue weighted by Crippen LogP contribution is 2.20. The van der Waals surface area contributed by atoms with Crippen molar-refractivity contribution < 1.29 is 27.9 Å². The molecular formula is C15H19N3O6S. The molecule has 0 saturated carbocycles. The molecule has 9 nitrogen and oxygen atoms in total. The predicted octanol–water partition coefficient (Wildman–Crippen LogP) is -0.520. The van der Waals surface area contributed by atoms with E-state index in [-0.39, 0.29) is 29.6 Å². The number of carbonyl (C=O) groups is 2. The predicted molar refractivity (Wildman–Crippen MR) is 88.3 cm³/mol. The van der Waals surface area contributed by atoms with Gasteiger partial charge in [-0.2, -0.15) is 0 Å². The van der Waals surface area contributed by atoms with Crippen LogP contribution < -0.4 is 5.32 Å². The summed E-state index contributed by atoms with van der Waals surface area (Å²) in [5.74, 6) is -1.79. The van der Waals surface area contributed by atoms with E-state index in [0.29, 0.717) is 19.6 Å². The molecule has 0 radical (unpaired) electrons. The molecule has 0 aromatic carbocycles. The summed E-state index contributed by atoms with van der Waals surface area (Å²) in [6.45, 7) is 1.10. The normalized spacial score (nSPS) is 26.1. The number of ether oxygens (including phenoxy) is 1. The van der Waals surface area contributed by atoms with E-state index in [4.69, 9.17) is 4.74 Å². The van der Waals surface area contributed by atoms with Crippen LogP contribution in [0.15, 0.2) is 28.3 Å². The third-order valence-corrected chi connectivity index (χ3v) is 5.47. The molecular weight excluding hydrogens is 350 g/mol. The van der Waals surface area contributed by atoms with E-state index in [9.17, 15) is 23.1 Å². The number of hydrogen-bond acceptors (Lipinski definition) is 6. The van der Waals surface area contributed by atoms with Crippen molar-refractivity contribution in [1.29, 1.82) is 0 Å². The number of hydrogen-bond donors (Lipinski definition) is 2. The molecule has 1 saturated heterocycles. The Morgan fingerprint density at radius 1 is 1.40 bits per heavy atom. The minimum absolute atomic E-state index is 0.132. The van der Waals surface area contributed by atoms with Crippen molar-refractivity contribution in [3.8, 4) is 0 Å². The van der Waals surface area contributed by atoms with Crippen LogP contribution in [0, 0.1) is 5.92 Å². The minimum Gasteiger partial charge on any atom is -0.480 e. The Morgan fingerprint density at radius 3 is 2.88 bits per heavy atom. The van der Waals surface area contributed by atoms with Crippen molar-refractivity contribution >= 4 is 27.7 Å². The number of sulfonamides is 1. The number of nitrogens with zero attached hydrogens (tertiary/aromatic N) is 2. The monoisotopic (exact) mass is 369 g/mol. The smallest absolute Gasteiger partial charge is 0.326 e. The Labute approximate surface area is 145 Å². The first kappa shape index (κ1) is 17.6.